The smallest absolute Gasteiger partial charge is 0.221 e. The van der Waals surface area contributed by atoms with E-state index in [-0.39, 0.29) is 29.0 Å². The second-order valence-electron chi connectivity index (χ2n) is 5.35. The van der Waals surface area contributed by atoms with Crippen LogP contribution in [0.1, 0.15) is 20.3 Å². The number of carbonyl (C=O) groups excluding carboxylic acids is 1. The van der Waals surface area contributed by atoms with Gasteiger partial charge in [0.25, 0.3) is 0 Å². The number of nitrogens with one attached hydrogen (secondary N) is 2. The van der Waals surface area contributed by atoms with Gasteiger partial charge < -0.3 is 20.1 Å². The van der Waals surface area contributed by atoms with E-state index in [0.717, 1.165) is 6.54 Å². The van der Waals surface area contributed by atoms with Crippen LogP contribution in [0.5, 0.6) is 11.5 Å². The average Bonchev–Trinajstić information content (AvgIpc) is 2.57. The minimum Gasteiger partial charge on any atom is -0.493 e. The molecule has 1 aromatic rings. The monoisotopic (exact) mass is 358 g/mol. The molecule has 7 nitrogen and oxygen atoms in total. The molecule has 1 rings (SSSR count). The van der Waals surface area contributed by atoms with Crippen molar-refractivity contribution in [1.82, 2.24) is 10.6 Å². The van der Waals surface area contributed by atoms with Crippen molar-refractivity contribution in [3.8, 4) is 11.5 Å². The van der Waals surface area contributed by atoms with E-state index in [1.165, 1.54) is 32.4 Å². The van der Waals surface area contributed by atoms with Crippen LogP contribution in [0.2, 0.25) is 0 Å². The Morgan fingerprint density at radius 3 is 2.46 bits per heavy atom. The maximum absolute atomic E-state index is 12.4. The van der Waals surface area contributed by atoms with Crippen molar-refractivity contribution in [2.45, 2.75) is 31.2 Å². The summed E-state index contributed by atoms with van der Waals surface area (Å²) in [7, 11) is -0.659. The van der Waals surface area contributed by atoms with Gasteiger partial charge in [-0.3, -0.25) is 4.79 Å². The molecule has 1 aromatic carbocycles. The first-order valence-electron chi connectivity index (χ1n) is 7.79. The highest BCUT2D eigenvalue weighted by atomic mass is 32.2. The van der Waals surface area contributed by atoms with Gasteiger partial charge in [-0.25, -0.2) is 8.42 Å². The van der Waals surface area contributed by atoms with Crippen LogP contribution < -0.4 is 20.1 Å². The van der Waals surface area contributed by atoms with E-state index in [1.807, 2.05) is 13.8 Å². The molecule has 1 amide bonds. The van der Waals surface area contributed by atoms with Gasteiger partial charge >= 0.3 is 0 Å². The summed E-state index contributed by atoms with van der Waals surface area (Å²) < 4.78 is 34.9. The Labute approximate surface area is 143 Å². The maximum atomic E-state index is 12.4. The number of sulfone groups is 1. The van der Waals surface area contributed by atoms with E-state index >= 15 is 0 Å². The molecule has 0 fully saturated rings. The van der Waals surface area contributed by atoms with Crippen molar-refractivity contribution < 1.29 is 22.7 Å². The SMILES string of the molecule is CCN[C@H](C)CNC(=O)CCS(=O)(=O)c1ccc(OC)c(OC)c1. The second kappa shape index (κ2) is 9.48. The van der Waals surface area contributed by atoms with Gasteiger partial charge in [-0.05, 0) is 25.6 Å². The van der Waals surface area contributed by atoms with Crippen LogP contribution in [0.3, 0.4) is 0 Å². The van der Waals surface area contributed by atoms with Crippen molar-refractivity contribution in [2.75, 3.05) is 33.1 Å². The maximum Gasteiger partial charge on any atom is 0.221 e. The molecule has 0 aliphatic carbocycles. The third-order valence-corrected chi connectivity index (χ3v) is 5.18. The Bertz CT molecular complexity index is 646. The number of carbonyl (C=O) groups is 1. The molecule has 0 saturated carbocycles. The van der Waals surface area contributed by atoms with E-state index < -0.39 is 9.84 Å². The van der Waals surface area contributed by atoms with Gasteiger partial charge in [0.15, 0.2) is 21.3 Å². The molecule has 0 bridgehead atoms. The summed E-state index contributed by atoms with van der Waals surface area (Å²) >= 11 is 0. The third-order valence-electron chi connectivity index (χ3n) is 3.47. The Morgan fingerprint density at radius 1 is 1.21 bits per heavy atom. The first-order chi connectivity index (χ1) is 11.3. The summed E-state index contributed by atoms with van der Waals surface area (Å²) in [5.41, 5.74) is 0. The Kier molecular flexibility index (Phi) is 8.00. The van der Waals surface area contributed by atoms with Crippen LogP contribution in [0.25, 0.3) is 0 Å². The van der Waals surface area contributed by atoms with Crippen LogP contribution in [0, 0.1) is 0 Å². The largest absolute Gasteiger partial charge is 0.493 e. The van der Waals surface area contributed by atoms with Gasteiger partial charge in [-0.2, -0.15) is 0 Å². The number of amides is 1. The fraction of sp³-hybridized carbons (Fsp3) is 0.562. The number of ether oxygens (including phenoxy) is 2. The zero-order chi connectivity index (χ0) is 18.2. The van der Waals surface area contributed by atoms with E-state index in [0.29, 0.717) is 18.0 Å². The quantitative estimate of drug-likeness (QED) is 0.648. The molecule has 0 heterocycles. The summed E-state index contributed by atoms with van der Waals surface area (Å²) in [5.74, 6) is 0.238. The van der Waals surface area contributed by atoms with Gasteiger partial charge in [0, 0.05) is 25.1 Å². The zero-order valence-corrected chi connectivity index (χ0v) is 15.4. The lowest BCUT2D eigenvalue weighted by atomic mass is 10.3. The molecule has 8 heteroatoms. The number of likely N-dealkylation sites (N-methyl/N-ethyl adjacent to an activating group) is 1. The number of benzene rings is 1. The fourth-order valence-corrected chi connectivity index (χ4v) is 3.38. The van der Waals surface area contributed by atoms with E-state index in [1.54, 1.807) is 0 Å². The first kappa shape index (κ1) is 20.2. The summed E-state index contributed by atoms with van der Waals surface area (Å²) in [5, 5.41) is 5.89. The van der Waals surface area contributed by atoms with Crippen molar-refractivity contribution in [1.29, 1.82) is 0 Å². The minimum atomic E-state index is -3.57. The molecule has 0 aliphatic heterocycles. The van der Waals surface area contributed by atoms with Crippen LogP contribution >= 0.6 is 0 Å². The van der Waals surface area contributed by atoms with E-state index in [9.17, 15) is 13.2 Å². The van der Waals surface area contributed by atoms with Gasteiger partial charge in [0.05, 0.1) is 24.9 Å². The lowest BCUT2D eigenvalue weighted by Gasteiger charge is -2.13. The van der Waals surface area contributed by atoms with Crippen molar-refractivity contribution >= 4 is 15.7 Å². The van der Waals surface area contributed by atoms with Crippen molar-refractivity contribution in [3.63, 3.8) is 0 Å². The highest BCUT2D eigenvalue weighted by molar-refractivity contribution is 7.91. The summed E-state index contributed by atoms with van der Waals surface area (Å²) in [6.45, 7) is 5.20. The second-order valence-corrected chi connectivity index (χ2v) is 7.46. The number of rotatable bonds is 10. The molecule has 1 atom stereocenters. The summed E-state index contributed by atoms with van der Waals surface area (Å²) in [6.07, 6.45) is -0.0878. The molecule has 0 spiro atoms. The number of hydrogen-bond acceptors (Lipinski definition) is 6. The van der Waals surface area contributed by atoms with Crippen LogP contribution in [-0.4, -0.2) is 53.4 Å². The van der Waals surface area contributed by atoms with Crippen molar-refractivity contribution in [3.05, 3.63) is 18.2 Å². The highest BCUT2D eigenvalue weighted by Gasteiger charge is 2.19. The lowest BCUT2D eigenvalue weighted by molar-refractivity contribution is -0.120. The van der Waals surface area contributed by atoms with Gasteiger partial charge in [0.1, 0.15) is 0 Å². The molecule has 24 heavy (non-hydrogen) atoms. The molecular weight excluding hydrogens is 332 g/mol. The van der Waals surface area contributed by atoms with E-state index in [2.05, 4.69) is 10.6 Å². The molecule has 0 aromatic heterocycles. The normalized spacial score (nSPS) is 12.5. The topological polar surface area (TPSA) is 93.7 Å². The first-order valence-corrected chi connectivity index (χ1v) is 9.44. The Morgan fingerprint density at radius 2 is 1.88 bits per heavy atom. The van der Waals surface area contributed by atoms with Crippen LogP contribution in [-0.2, 0) is 14.6 Å². The molecule has 2 N–H and O–H groups in total. The molecule has 136 valence electrons. The average molecular weight is 358 g/mol. The molecule has 0 unspecified atom stereocenters. The van der Waals surface area contributed by atoms with Gasteiger partial charge in [-0.1, -0.05) is 6.92 Å². The standard InChI is InChI=1S/C16H26N2O5S/c1-5-17-12(2)11-18-16(19)8-9-24(20,21)13-6-7-14(22-3)15(10-13)23-4/h6-7,10,12,17H,5,8-9,11H2,1-4H3,(H,18,19)/t12-/m1/s1. The summed E-state index contributed by atoms with van der Waals surface area (Å²) in [4.78, 5) is 11.9. The zero-order valence-electron chi connectivity index (χ0n) is 14.6. The molecule has 0 saturated heterocycles. The molecule has 0 aliphatic rings. The predicted molar refractivity (Wildman–Crippen MR) is 92.4 cm³/mol. The number of methoxy groups -OCH3 is 2. The predicted octanol–water partition coefficient (Wildman–Crippen LogP) is 0.982. The third kappa shape index (κ3) is 6.01. The van der Waals surface area contributed by atoms with Crippen molar-refractivity contribution in [2.24, 2.45) is 0 Å². The number of hydrogen-bond donors (Lipinski definition) is 2. The Balaban J connectivity index is 2.65. The molecular formula is C16H26N2O5S. The highest BCUT2D eigenvalue weighted by Crippen LogP contribution is 2.29. The van der Waals surface area contributed by atoms with Gasteiger partial charge in [-0.15, -0.1) is 0 Å². The Hall–Kier alpha value is -1.80. The molecule has 0 radical (unpaired) electrons. The van der Waals surface area contributed by atoms with Gasteiger partial charge in [0.2, 0.25) is 5.91 Å². The van der Waals surface area contributed by atoms with Crippen LogP contribution in [0.15, 0.2) is 23.1 Å². The summed E-state index contributed by atoms with van der Waals surface area (Å²) in [6, 6.07) is 4.52. The fourth-order valence-electron chi connectivity index (χ4n) is 2.13. The van der Waals surface area contributed by atoms with E-state index in [4.69, 9.17) is 9.47 Å². The van der Waals surface area contributed by atoms with Crippen LogP contribution in [0.4, 0.5) is 0 Å². The lowest BCUT2D eigenvalue weighted by Crippen LogP contribution is -2.39. The minimum absolute atomic E-state index is 0.0878.